The van der Waals surface area contributed by atoms with Crippen LogP contribution in [0.5, 0.6) is 0 Å². The molecule has 0 unspecified atom stereocenters. The average Bonchev–Trinajstić information content (AvgIpc) is 2.42. The quantitative estimate of drug-likeness (QED) is 0.815. The molecule has 122 valence electrons. The molecule has 0 saturated carbocycles. The third-order valence-electron chi connectivity index (χ3n) is 3.19. The second kappa shape index (κ2) is 9.01. The van der Waals surface area contributed by atoms with Crippen LogP contribution in [0.25, 0.3) is 0 Å². The number of benzene rings is 1. The maximum absolute atomic E-state index is 11.8. The monoisotopic (exact) mass is 344 g/mol. The molecule has 2 amide bonds. The average molecular weight is 345 g/mol. The predicted molar refractivity (Wildman–Crippen MR) is 91.6 cm³/mol. The highest BCUT2D eigenvalue weighted by Gasteiger charge is 2.16. The van der Waals surface area contributed by atoms with E-state index in [1.807, 2.05) is 0 Å². The van der Waals surface area contributed by atoms with Crippen LogP contribution in [-0.4, -0.2) is 24.9 Å². The number of nitrogens with zero attached hydrogens (tertiary/aromatic N) is 1. The van der Waals surface area contributed by atoms with Crippen LogP contribution in [0.15, 0.2) is 18.2 Å². The second-order valence-electron chi connectivity index (χ2n) is 5.55. The number of hydrogen-bond acceptors (Lipinski definition) is 2. The predicted octanol–water partition coefficient (Wildman–Crippen LogP) is 3.90. The first-order valence-corrected chi connectivity index (χ1v) is 8.06. The van der Waals surface area contributed by atoms with Crippen LogP contribution in [0, 0.1) is 5.92 Å². The van der Waals surface area contributed by atoms with Gasteiger partial charge in [-0.15, -0.1) is 0 Å². The van der Waals surface area contributed by atoms with Gasteiger partial charge in [0.25, 0.3) is 0 Å². The number of anilines is 1. The number of amides is 2. The standard InChI is InChI=1S/C16H22Cl2N2O2/c1-11(2)6-8-19-16(22)7-9-20(12(3)21)15-10-13(17)4-5-14(15)18/h4-5,10-11H,6-9H2,1-3H3,(H,19,22). The van der Waals surface area contributed by atoms with Gasteiger partial charge in [0.15, 0.2) is 0 Å². The smallest absolute Gasteiger partial charge is 0.223 e. The van der Waals surface area contributed by atoms with Gasteiger partial charge >= 0.3 is 0 Å². The molecule has 0 radical (unpaired) electrons. The summed E-state index contributed by atoms with van der Waals surface area (Å²) in [6, 6.07) is 4.92. The molecule has 1 aromatic carbocycles. The minimum atomic E-state index is -0.181. The molecule has 0 fully saturated rings. The highest BCUT2D eigenvalue weighted by molar-refractivity contribution is 6.35. The van der Waals surface area contributed by atoms with Gasteiger partial charge in [0.05, 0.1) is 10.7 Å². The topological polar surface area (TPSA) is 49.4 Å². The van der Waals surface area contributed by atoms with Gasteiger partial charge in [-0.25, -0.2) is 0 Å². The molecule has 0 aromatic heterocycles. The lowest BCUT2D eigenvalue weighted by Crippen LogP contribution is -2.34. The fraction of sp³-hybridized carbons (Fsp3) is 0.500. The van der Waals surface area contributed by atoms with Crippen molar-refractivity contribution in [3.63, 3.8) is 0 Å². The van der Waals surface area contributed by atoms with E-state index in [4.69, 9.17) is 23.2 Å². The number of halogens is 2. The van der Waals surface area contributed by atoms with Crippen LogP contribution in [0.1, 0.15) is 33.6 Å². The lowest BCUT2D eigenvalue weighted by atomic mass is 10.1. The van der Waals surface area contributed by atoms with Gasteiger partial charge in [-0.3, -0.25) is 9.59 Å². The lowest BCUT2D eigenvalue weighted by molar-refractivity contribution is -0.121. The molecule has 0 aliphatic carbocycles. The van der Waals surface area contributed by atoms with Gasteiger partial charge < -0.3 is 10.2 Å². The Hall–Kier alpha value is -1.26. The minimum absolute atomic E-state index is 0.0787. The Morgan fingerprint density at radius 2 is 1.95 bits per heavy atom. The van der Waals surface area contributed by atoms with Crippen molar-refractivity contribution in [2.45, 2.75) is 33.6 Å². The summed E-state index contributed by atoms with van der Waals surface area (Å²) in [5.41, 5.74) is 0.525. The summed E-state index contributed by atoms with van der Waals surface area (Å²) in [6.07, 6.45) is 1.16. The zero-order chi connectivity index (χ0) is 16.7. The SMILES string of the molecule is CC(=O)N(CCC(=O)NCCC(C)C)c1cc(Cl)ccc1Cl. The lowest BCUT2D eigenvalue weighted by Gasteiger charge is -2.22. The first-order chi connectivity index (χ1) is 10.3. The molecule has 0 saturated heterocycles. The zero-order valence-corrected chi connectivity index (χ0v) is 14.7. The molecular formula is C16H22Cl2N2O2. The molecule has 1 rings (SSSR count). The van der Waals surface area contributed by atoms with E-state index in [9.17, 15) is 9.59 Å². The largest absolute Gasteiger partial charge is 0.356 e. The van der Waals surface area contributed by atoms with Crippen molar-refractivity contribution in [2.24, 2.45) is 5.92 Å². The molecule has 1 N–H and O–H groups in total. The third kappa shape index (κ3) is 6.24. The van der Waals surface area contributed by atoms with Crippen molar-refractivity contribution in [1.29, 1.82) is 0 Å². The van der Waals surface area contributed by atoms with Gasteiger partial charge in [0.1, 0.15) is 0 Å². The second-order valence-corrected chi connectivity index (χ2v) is 6.39. The summed E-state index contributed by atoms with van der Waals surface area (Å²) in [5.74, 6) is 0.281. The van der Waals surface area contributed by atoms with E-state index in [2.05, 4.69) is 19.2 Å². The third-order valence-corrected chi connectivity index (χ3v) is 3.74. The van der Waals surface area contributed by atoms with E-state index >= 15 is 0 Å². The van der Waals surface area contributed by atoms with E-state index < -0.39 is 0 Å². The maximum atomic E-state index is 11.8. The molecule has 0 bridgehead atoms. The Morgan fingerprint density at radius 3 is 2.55 bits per heavy atom. The molecule has 1 aromatic rings. The Labute approximate surface area is 141 Å². The molecule has 6 heteroatoms. The van der Waals surface area contributed by atoms with Gasteiger partial charge in [-0.2, -0.15) is 0 Å². The van der Waals surface area contributed by atoms with Crippen molar-refractivity contribution in [3.8, 4) is 0 Å². The summed E-state index contributed by atoms with van der Waals surface area (Å²) in [4.78, 5) is 25.1. The summed E-state index contributed by atoms with van der Waals surface area (Å²) in [6.45, 7) is 6.56. The Bertz CT molecular complexity index is 533. The van der Waals surface area contributed by atoms with Crippen LogP contribution in [0.4, 0.5) is 5.69 Å². The molecule has 0 spiro atoms. The van der Waals surface area contributed by atoms with Gasteiger partial charge in [0, 0.05) is 31.5 Å². The maximum Gasteiger partial charge on any atom is 0.223 e. The van der Waals surface area contributed by atoms with E-state index in [1.54, 1.807) is 18.2 Å². The van der Waals surface area contributed by atoms with Crippen LogP contribution in [0.3, 0.4) is 0 Å². The van der Waals surface area contributed by atoms with Crippen LogP contribution in [-0.2, 0) is 9.59 Å². The molecule has 0 heterocycles. The number of hydrogen-bond donors (Lipinski definition) is 1. The molecular weight excluding hydrogens is 323 g/mol. The first-order valence-electron chi connectivity index (χ1n) is 7.31. The molecule has 22 heavy (non-hydrogen) atoms. The van der Waals surface area contributed by atoms with Crippen molar-refractivity contribution in [2.75, 3.05) is 18.0 Å². The Balaban J connectivity index is 2.64. The number of nitrogens with one attached hydrogen (secondary N) is 1. The summed E-state index contributed by atoms with van der Waals surface area (Å²) in [7, 11) is 0. The zero-order valence-electron chi connectivity index (χ0n) is 13.2. The normalized spacial score (nSPS) is 10.6. The molecule has 0 aliphatic heterocycles. The fourth-order valence-corrected chi connectivity index (χ4v) is 2.33. The molecule has 4 nitrogen and oxygen atoms in total. The first kappa shape index (κ1) is 18.8. The van der Waals surface area contributed by atoms with Crippen molar-refractivity contribution >= 4 is 40.7 Å². The van der Waals surface area contributed by atoms with Crippen molar-refractivity contribution in [3.05, 3.63) is 28.2 Å². The summed E-state index contributed by atoms with van der Waals surface area (Å²) in [5, 5.41) is 3.77. The number of carbonyl (C=O) groups is 2. The van der Waals surface area contributed by atoms with Crippen molar-refractivity contribution in [1.82, 2.24) is 5.32 Å². The van der Waals surface area contributed by atoms with E-state index in [0.717, 1.165) is 6.42 Å². The van der Waals surface area contributed by atoms with E-state index in [0.29, 0.717) is 28.2 Å². The molecule has 0 atom stereocenters. The number of rotatable bonds is 7. The highest BCUT2D eigenvalue weighted by Crippen LogP contribution is 2.29. The van der Waals surface area contributed by atoms with Crippen LogP contribution in [0.2, 0.25) is 10.0 Å². The van der Waals surface area contributed by atoms with Crippen molar-refractivity contribution < 1.29 is 9.59 Å². The van der Waals surface area contributed by atoms with E-state index in [1.165, 1.54) is 11.8 Å². The number of carbonyl (C=O) groups excluding carboxylic acids is 2. The van der Waals surface area contributed by atoms with Crippen LogP contribution < -0.4 is 10.2 Å². The molecule has 0 aliphatic rings. The Morgan fingerprint density at radius 1 is 1.27 bits per heavy atom. The summed E-state index contributed by atoms with van der Waals surface area (Å²) < 4.78 is 0. The fourth-order valence-electron chi connectivity index (χ4n) is 1.94. The summed E-state index contributed by atoms with van der Waals surface area (Å²) >= 11 is 12.1. The Kier molecular flexibility index (Phi) is 7.69. The van der Waals surface area contributed by atoms with E-state index in [-0.39, 0.29) is 24.8 Å². The van der Waals surface area contributed by atoms with Crippen LogP contribution >= 0.6 is 23.2 Å². The van der Waals surface area contributed by atoms with Gasteiger partial charge in [-0.05, 0) is 30.5 Å². The van der Waals surface area contributed by atoms with Gasteiger partial charge in [0.2, 0.25) is 11.8 Å². The minimum Gasteiger partial charge on any atom is -0.356 e. The highest BCUT2D eigenvalue weighted by atomic mass is 35.5. The van der Waals surface area contributed by atoms with Gasteiger partial charge in [-0.1, -0.05) is 37.0 Å².